The lowest BCUT2D eigenvalue weighted by Crippen LogP contribution is -2.07. The van der Waals surface area contributed by atoms with Crippen molar-refractivity contribution in [3.63, 3.8) is 0 Å². The molecule has 0 fully saturated rings. The third kappa shape index (κ3) is 4.03. The van der Waals surface area contributed by atoms with Crippen LogP contribution < -0.4 is 14.2 Å². The van der Waals surface area contributed by atoms with Crippen LogP contribution in [-0.4, -0.2) is 22.7 Å². The molecule has 176 valence electrons. The number of carbonyl (C=O) groups is 1. The molecule has 0 radical (unpaired) electrons. The van der Waals surface area contributed by atoms with Crippen molar-refractivity contribution < 1.29 is 28.5 Å². The summed E-state index contributed by atoms with van der Waals surface area (Å²) >= 11 is 0. The van der Waals surface area contributed by atoms with Crippen molar-refractivity contribution in [2.75, 3.05) is 6.61 Å². The lowest BCUT2D eigenvalue weighted by Gasteiger charge is -2.17. The van der Waals surface area contributed by atoms with Gasteiger partial charge in [0.15, 0.2) is 0 Å². The van der Waals surface area contributed by atoms with Gasteiger partial charge in [-0.15, -0.1) is 0 Å². The standard InChI is InChI=1S/C28H22FNO5/c29-22-7-10-24(34-18-4-8-23-16(12-18)2-1-11-30-23)21-6-9-25(28(21)22)35-19-3-5-20-17(13-27(31)32)15-33-26(20)14-19/h1-5,7-8,10-12,14,17,25H,6,9,13,15H2,(H,31,32)/t17?,25-/m1/s1. The molecule has 2 heterocycles. The number of ether oxygens (including phenoxy) is 3. The highest BCUT2D eigenvalue weighted by Gasteiger charge is 2.32. The highest BCUT2D eigenvalue weighted by atomic mass is 19.1. The molecule has 1 aliphatic heterocycles. The number of rotatable bonds is 6. The second-order valence-corrected chi connectivity index (χ2v) is 8.85. The number of nitrogens with zero attached hydrogens (tertiary/aromatic N) is 1. The van der Waals surface area contributed by atoms with Gasteiger partial charge in [-0.05, 0) is 55.3 Å². The Morgan fingerprint density at radius 1 is 1.11 bits per heavy atom. The molecule has 1 aromatic heterocycles. The third-order valence-electron chi connectivity index (χ3n) is 6.61. The number of halogens is 1. The van der Waals surface area contributed by atoms with E-state index in [0.29, 0.717) is 48.0 Å². The number of aliphatic carboxylic acids is 1. The Morgan fingerprint density at radius 3 is 2.89 bits per heavy atom. The largest absolute Gasteiger partial charge is 0.492 e. The van der Waals surface area contributed by atoms with Crippen LogP contribution in [0, 0.1) is 5.82 Å². The van der Waals surface area contributed by atoms with E-state index in [1.807, 2.05) is 36.4 Å². The van der Waals surface area contributed by atoms with Crippen molar-refractivity contribution in [3.8, 4) is 23.0 Å². The first-order chi connectivity index (χ1) is 17.0. The van der Waals surface area contributed by atoms with Crippen molar-refractivity contribution >= 4 is 16.9 Å². The van der Waals surface area contributed by atoms with Crippen LogP contribution in [0.25, 0.3) is 10.9 Å². The quantitative estimate of drug-likeness (QED) is 0.362. The second kappa shape index (κ2) is 8.58. The minimum absolute atomic E-state index is 0.0188. The van der Waals surface area contributed by atoms with Gasteiger partial charge in [-0.1, -0.05) is 12.1 Å². The number of hydrogen-bond acceptors (Lipinski definition) is 5. The second-order valence-electron chi connectivity index (χ2n) is 8.85. The highest BCUT2D eigenvalue weighted by molar-refractivity contribution is 5.79. The average molecular weight is 471 g/mol. The fraction of sp³-hybridized carbons (Fsp3) is 0.214. The van der Waals surface area contributed by atoms with E-state index in [9.17, 15) is 9.18 Å². The highest BCUT2D eigenvalue weighted by Crippen LogP contribution is 2.44. The molecule has 1 unspecified atom stereocenters. The van der Waals surface area contributed by atoms with Gasteiger partial charge < -0.3 is 19.3 Å². The number of carboxylic acids is 1. The summed E-state index contributed by atoms with van der Waals surface area (Å²) in [7, 11) is 0. The van der Waals surface area contributed by atoms with Gasteiger partial charge in [-0.25, -0.2) is 4.39 Å². The Balaban J connectivity index is 1.24. The van der Waals surface area contributed by atoms with Gasteiger partial charge in [0.05, 0.1) is 18.5 Å². The minimum Gasteiger partial charge on any atom is -0.492 e. The Labute approximate surface area is 200 Å². The normalized spacial score (nSPS) is 18.1. The van der Waals surface area contributed by atoms with Gasteiger partial charge in [0.2, 0.25) is 0 Å². The lowest BCUT2D eigenvalue weighted by atomic mass is 9.98. The average Bonchev–Trinajstić information content (AvgIpc) is 3.45. The number of fused-ring (bicyclic) bond motifs is 3. The summed E-state index contributed by atoms with van der Waals surface area (Å²) in [6.07, 6.45) is 2.56. The Kier molecular flexibility index (Phi) is 5.25. The van der Waals surface area contributed by atoms with Crippen molar-refractivity contribution in [2.24, 2.45) is 0 Å². The van der Waals surface area contributed by atoms with Crippen molar-refractivity contribution in [2.45, 2.75) is 31.3 Å². The maximum Gasteiger partial charge on any atom is 0.304 e. The van der Waals surface area contributed by atoms with Crippen molar-refractivity contribution in [1.29, 1.82) is 0 Å². The monoisotopic (exact) mass is 471 g/mol. The summed E-state index contributed by atoms with van der Waals surface area (Å²) in [5.74, 6) is 1.10. The van der Waals surface area contributed by atoms with Crippen LogP contribution in [0.3, 0.4) is 0 Å². The first-order valence-electron chi connectivity index (χ1n) is 11.5. The molecule has 2 atom stereocenters. The minimum atomic E-state index is -0.858. The van der Waals surface area contributed by atoms with Crippen LogP contribution >= 0.6 is 0 Å². The van der Waals surface area contributed by atoms with Gasteiger partial charge in [-0.2, -0.15) is 0 Å². The molecular weight excluding hydrogens is 449 g/mol. The molecule has 2 aliphatic rings. The summed E-state index contributed by atoms with van der Waals surface area (Å²) in [4.78, 5) is 15.4. The van der Waals surface area contributed by atoms with Gasteiger partial charge in [0, 0.05) is 40.3 Å². The van der Waals surface area contributed by atoms with E-state index in [1.54, 1.807) is 24.4 Å². The summed E-state index contributed by atoms with van der Waals surface area (Å²) < 4.78 is 33.0. The number of aromatic nitrogens is 1. The maximum atomic E-state index is 14.9. The lowest BCUT2D eigenvalue weighted by molar-refractivity contribution is -0.137. The number of hydrogen-bond donors (Lipinski definition) is 1. The van der Waals surface area contributed by atoms with Crippen molar-refractivity contribution in [3.05, 3.63) is 89.4 Å². The zero-order valence-electron chi connectivity index (χ0n) is 18.7. The van der Waals surface area contributed by atoms with Gasteiger partial charge in [0.25, 0.3) is 0 Å². The SMILES string of the molecule is O=C(O)CC1COc2cc(O[C@@H]3CCc4c(Oc5ccc6ncccc6c5)ccc(F)c43)ccc21. The molecule has 3 aromatic carbocycles. The molecule has 4 aromatic rings. The van der Waals surface area contributed by atoms with E-state index in [2.05, 4.69) is 4.98 Å². The van der Waals surface area contributed by atoms with E-state index in [4.69, 9.17) is 19.3 Å². The molecular formula is C28H22FNO5. The Hall–Kier alpha value is -4.13. The first-order valence-corrected chi connectivity index (χ1v) is 11.5. The predicted octanol–water partition coefficient (Wildman–Crippen LogP) is 6.18. The van der Waals surface area contributed by atoms with Crippen LogP contribution in [0.4, 0.5) is 4.39 Å². The summed E-state index contributed by atoms with van der Waals surface area (Å²) in [5.41, 5.74) is 3.06. The molecule has 7 heteroatoms. The van der Waals surface area contributed by atoms with Crippen LogP contribution in [0.2, 0.25) is 0 Å². The third-order valence-corrected chi connectivity index (χ3v) is 6.61. The van der Waals surface area contributed by atoms with Crippen LogP contribution in [0.15, 0.2) is 66.9 Å². The van der Waals surface area contributed by atoms with E-state index in [1.165, 1.54) is 6.07 Å². The molecule has 0 saturated heterocycles. The predicted molar refractivity (Wildman–Crippen MR) is 127 cm³/mol. The fourth-order valence-electron chi connectivity index (χ4n) is 4.97. The number of benzene rings is 3. The van der Waals surface area contributed by atoms with Crippen molar-refractivity contribution in [1.82, 2.24) is 4.98 Å². The molecule has 0 amide bonds. The summed E-state index contributed by atoms with van der Waals surface area (Å²) in [6.45, 7) is 0.331. The molecule has 0 saturated carbocycles. The fourth-order valence-corrected chi connectivity index (χ4v) is 4.97. The van der Waals surface area contributed by atoms with E-state index < -0.39 is 12.1 Å². The smallest absolute Gasteiger partial charge is 0.304 e. The topological polar surface area (TPSA) is 77.9 Å². The molecule has 6 rings (SSSR count). The van der Waals surface area contributed by atoms with E-state index in [0.717, 1.165) is 22.0 Å². The van der Waals surface area contributed by atoms with Gasteiger partial charge in [-0.3, -0.25) is 9.78 Å². The Morgan fingerprint density at radius 2 is 2.00 bits per heavy atom. The zero-order chi connectivity index (χ0) is 23.9. The molecule has 0 bridgehead atoms. The molecule has 6 nitrogen and oxygen atoms in total. The molecule has 0 spiro atoms. The van der Waals surface area contributed by atoms with Crippen LogP contribution in [0.5, 0.6) is 23.0 Å². The first kappa shape index (κ1) is 21.4. The number of carboxylic acid groups (broad SMARTS) is 1. The molecule has 1 N–H and O–H groups in total. The zero-order valence-corrected chi connectivity index (χ0v) is 18.7. The maximum absolute atomic E-state index is 14.9. The molecule has 35 heavy (non-hydrogen) atoms. The van der Waals surface area contributed by atoms with Crippen LogP contribution in [-0.2, 0) is 11.2 Å². The Bertz CT molecular complexity index is 1450. The van der Waals surface area contributed by atoms with E-state index in [-0.39, 0.29) is 18.2 Å². The summed E-state index contributed by atoms with van der Waals surface area (Å²) in [6, 6.07) is 18.0. The van der Waals surface area contributed by atoms with Crippen LogP contribution in [0.1, 0.15) is 41.6 Å². The van der Waals surface area contributed by atoms with Gasteiger partial charge >= 0.3 is 5.97 Å². The molecule has 1 aliphatic carbocycles. The van der Waals surface area contributed by atoms with E-state index >= 15 is 0 Å². The summed E-state index contributed by atoms with van der Waals surface area (Å²) in [5, 5.41) is 10.1. The number of pyridine rings is 1. The van der Waals surface area contributed by atoms with Gasteiger partial charge in [0.1, 0.15) is 34.9 Å².